The fraction of sp³-hybridized carbons (Fsp3) is 0.421. The SMILES string of the molecule is CC(O)(c1cnc(N2CCN(S(=O)(=O)c3ccc(N)nc3)CC2C#CCO)nc1)C(F)(F)F. The van der Waals surface area contributed by atoms with E-state index >= 15 is 0 Å². The van der Waals surface area contributed by atoms with E-state index in [0.717, 1.165) is 18.6 Å². The molecule has 178 valence electrons. The average Bonchev–Trinajstić information content (AvgIpc) is 2.77. The van der Waals surface area contributed by atoms with Gasteiger partial charge in [0.05, 0.1) is 0 Å². The monoisotopic (exact) mass is 486 g/mol. The second-order valence-corrected chi connectivity index (χ2v) is 9.25. The third-order valence-corrected chi connectivity index (χ3v) is 6.95. The van der Waals surface area contributed by atoms with Gasteiger partial charge in [-0.3, -0.25) is 0 Å². The van der Waals surface area contributed by atoms with E-state index in [4.69, 9.17) is 10.8 Å². The summed E-state index contributed by atoms with van der Waals surface area (Å²) in [7, 11) is -3.93. The molecule has 1 aliphatic heterocycles. The molecule has 1 fully saturated rings. The Hall–Kier alpha value is -2.99. The van der Waals surface area contributed by atoms with Gasteiger partial charge in [-0.05, 0) is 19.1 Å². The predicted molar refractivity (Wildman–Crippen MR) is 111 cm³/mol. The van der Waals surface area contributed by atoms with Crippen LogP contribution in [0.1, 0.15) is 12.5 Å². The smallest absolute Gasteiger partial charge is 0.384 e. The summed E-state index contributed by atoms with van der Waals surface area (Å²) in [6, 6.07) is 1.89. The topological polar surface area (TPSA) is 146 Å². The Morgan fingerprint density at radius 3 is 2.39 bits per heavy atom. The maximum absolute atomic E-state index is 13.1. The van der Waals surface area contributed by atoms with Gasteiger partial charge in [-0.25, -0.2) is 23.4 Å². The Labute approximate surface area is 187 Å². The molecule has 2 atom stereocenters. The number of nitrogens with zero attached hydrogens (tertiary/aromatic N) is 5. The molecule has 4 N–H and O–H groups in total. The molecular weight excluding hydrogens is 465 g/mol. The number of nitrogens with two attached hydrogens (primary N) is 1. The van der Waals surface area contributed by atoms with Crippen LogP contribution in [-0.2, 0) is 15.6 Å². The van der Waals surface area contributed by atoms with Gasteiger partial charge in [0.2, 0.25) is 16.0 Å². The molecule has 0 aromatic carbocycles. The maximum Gasteiger partial charge on any atom is 0.421 e. The molecule has 0 aliphatic carbocycles. The quantitative estimate of drug-likeness (QED) is 0.512. The molecule has 2 aromatic rings. The summed E-state index contributed by atoms with van der Waals surface area (Å²) in [6.45, 7) is 0.0751. The lowest BCUT2D eigenvalue weighted by atomic mass is 9.99. The normalized spacial score (nSPS) is 19.5. The fourth-order valence-electron chi connectivity index (χ4n) is 3.08. The van der Waals surface area contributed by atoms with Crippen molar-refractivity contribution in [2.45, 2.75) is 29.6 Å². The molecule has 0 amide bonds. The number of rotatable bonds is 4. The third kappa shape index (κ3) is 5.01. The minimum absolute atomic E-state index is 0.000151. The molecule has 3 heterocycles. The van der Waals surface area contributed by atoms with Gasteiger partial charge in [0.15, 0.2) is 5.60 Å². The van der Waals surface area contributed by atoms with Crippen LogP contribution in [0, 0.1) is 11.8 Å². The first-order valence-electron chi connectivity index (χ1n) is 9.57. The molecule has 2 aromatic heterocycles. The molecule has 0 radical (unpaired) electrons. The lowest BCUT2D eigenvalue weighted by Gasteiger charge is -2.38. The van der Waals surface area contributed by atoms with E-state index in [2.05, 4.69) is 26.8 Å². The van der Waals surface area contributed by atoms with Gasteiger partial charge in [0.25, 0.3) is 0 Å². The summed E-state index contributed by atoms with van der Waals surface area (Å²) in [5.41, 5.74) is 1.82. The zero-order valence-electron chi connectivity index (χ0n) is 17.4. The van der Waals surface area contributed by atoms with Crippen molar-refractivity contribution < 1.29 is 31.8 Å². The standard InChI is InChI=1S/C19H21F3N6O4S/c1-18(30,19(20,21)22)13-9-25-17(26-10-13)28-7-6-27(12-14(28)3-2-8-29)33(31,32)15-4-5-16(23)24-11-15/h4-5,9-11,14,29-30H,6-8,12H2,1H3,(H2,23,24). The van der Waals surface area contributed by atoms with Crippen LogP contribution >= 0.6 is 0 Å². The Kier molecular flexibility index (Phi) is 6.80. The Balaban J connectivity index is 1.87. The van der Waals surface area contributed by atoms with Crippen molar-refractivity contribution >= 4 is 21.8 Å². The first kappa shape index (κ1) is 24.6. The van der Waals surface area contributed by atoms with E-state index < -0.39 is 40.0 Å². The number of hydrogen-bond acceptors (Lipinski definition) is 9. The molecule has 0 bridgehead atoms. The number of aliphatic hydroxyl groups excluding tert-OH is 1. The number of alkyl halides is 3. The largest absolute Gasteiger partial charge is 0.421 e. The molecular formula is C19H21F3N6O4S. The van der Waals surface area contributed by atoms with Gasteiger partial charge >= 0.3 is 6.18 Å². The molecule has 2 unspecified atom stereocenters. The first-order valence-corrected chi connectivity index (χ1v) is 11.0. The van der Waals surface area contributed by atoms with Crippen LogP contribution in [-0.4, -0.2) is 76.3 Å². The van der Waals surface area contributed by atoms with Crippen molar-refractivity contribution in [1.82, 2.24) is 19.3 Å². The predicted octanol–water partition coefficient (Wildman–Crippen LogP) is 0.0988. The molecule has 1 aliphatic rings. The Bertz CT molecular complexity index is 1150. The van der Waals surface area contributed by atoms with Crippen molar-refractivity contribution in [3.63, 3.8) is 0 Å². The van der Waals surface area contributed by atoms with Crippen LogP contribution in [0.25, 0.3) is 0 Å². The number of nitrogen functional groups attached to an aromatic ring is 1. The summed E-state index contributed by atoms with van der Waals surface area (Å²) in [5, 5.41) is 18.9. The number of halogens is 3. The van der Waals surface area contributed by atoms with Gasteiger partial charge in [-0.1, -0.05) is 11.8 Å². The number of piperazine rings is 1. The van der Waals surface area contributed by atoms with Gasteiger partial charge < -0.3 is 20.8 Å². The summed E-state index contributed by atoms with van der Waals surface area (Å²) >= 11 is 0. The van der Waals surface area contributed by atoms with Crippen LogP contribution < -0.4 is 10.6 Å². The molecule has 0 saturated carbocycles. The Morgan fingerprint density at radius 1 is 1.18 bits per heavy atom. The van der Waals surface area contributed by atoms with Crippen molar-refractivity contribution in [3.8, 4) is 11.8 Å². The van der Waals surface area contributed by atoms with E-state index in [1.54, 1.807) is 0 Å². The highest BCUT2D eigenvalue weighted by Gasteiger charge is 2.51. The molecule has 1 saturated heterocycles. The highest BCUT2D eigenvalue weighted by Crippen LogP contribution is 2.38. The number of sulfonamides is 1. The zero-order valence-corrected chi connectivity index (χ0v) is 18.2. The fourth-order valence-corrected chi connectivity index (χ4v) is 4.46. The van der Waals surface area contributed by atoms with Gasteiger partial charge in [0, 0.05) is 43.8 Å². The third-order valence-electron chi connectivity index (χ3n) is 5.10. The molecule has 14 heteroatoms. The zero-order chi connectivity index (χ0) is 24.4. The summed E-state index contributed by atoms with van der Waals surface area (Å²) < 4.78 is 66.3. The van der Waals surface area contributed by atoms with E-state index in [1.807, 2.05) is 0 Å². The minimum Gasteiger partial charge on any atom is -0.384 e. The summed E-state index contributed by atoms with van der Waals surface area (Å²) in [6.07, 6.45) is -2.07. The van der Waals surface area contributed by atoms with E-state index in [0.29, 0.717) is 6.92 Å². The lowest BCUT2D eigenvalue weighted by Crippen LogP contribution is -2.55. The van der Waals surface area contributed by atoms with Crippen molar-refractivity contribution in [2.24, 2.45) is 0 Å². The lowest BCUT2D eigenvalue weighted by molar-refractivity contribution is -0.259. The minimum atomic E-state index is -4.93. The van der Waals surface area contributed by atoms with Crippen LogP contribution in [0.15, 0.2) is 35.6 Å². The van der Waals surface area contributed by atoms with E-state index in [1.165, 1.54) is 21.3 Å². The van der Waals surface area contributed by atoms with Gasteiger partial charge in [-0.15, -0.1) is 0 Å². The van der Waals surface area contributed by atoms with E-state index in [9.17, 15) is 26.7 Å². The molecule has 33 heavy (non-hydrogen) atoms. The van der Waals surface area contributed by atoms with Crippen LogP contribution in [0.3, 0.4) is 0 Å². The molecule has 3 rings (SSSR count). The number of hydrogen-bond donors (Lipinski definition) is 3. The second-order valence-electron chi connectivity index (χ2n) is 7.31. The van der Waals surface area contributed by atoms with Crippen LogP contribution in [0.2, 0.25) is 0 Å². The van der Waals surface area contributed by atoms with Gasteiger partial charge in [-0.2, -0.15) is 17.5 Å². The average molecular weight is 486 g/mol. The first-order chi connectivity index (χ1) is 15.4. The summed E-state index contributed by atoms with van der Waals surface area (Å²) in [5.74, 6) is 5.35. The second kappa shape index (κ2) is 9.10. The van der Waals surface area contributed by atoms with Crippen LogP contribution in [0.5, 0.6) is 0 Å². The maximum atomic E-state index is 13.1. The van der Waals surface area contributed by atoms with Crippen molar-refractivity contribution in [3.05, 3.63) is 36.3 Å². The summed E-state index contributed by atoms with van der Waals surface area (Å²) in [4.78, 5) is 13.1. The van der Waals surface area contributed by atoms with Crippen LogP contribution in [0.4, 0.5) is 24.9 Å². The number of pyridine rings is 1. The van der Waals surface area contributed by atoms with Gasteiger partial charge in [0.1, 0.15) is 23.4 Å². The number of aromatic nitrogens is 3. The number of anilines is 2. The molecule has 0 spiro atoms. The van der Waals surface area contributed by atoms with Crippen molar-refractivity contribution in [2.75, 3.05) is 36.9 Å². The molecule has 10 nitrogen and oxygen atoms in total. The van der Waals surface area contributed by atoms with E-state index in [-0.39, 0.29) is 36.3 Å². The highest BCUT2D eigenvalue weighted by molar-refractivity contribution is 7.89. The highest BCUT2D eigenvalue weighted by atomic mass is 32.2. The van der Waals surface area contributed by atoms with Crippen molar-refractivity contribution in [1.29, 1.82) is 0 Å². The number of aliphatic hydroxyl groups is 2. The Morgan fingerprint density at radius 2 is 1.85 bits per heavy atom.